The average molecular weight is 318 g/mol. The molecule has 2 atom stereocenters. The van der Waals surface area contributed by atoms with Crippen molar-refractivity contribution in [2.75, 3.05) is 26.7 Å². The van der Waals surface area contributed by atoms with E-state index >= 15 is 0 Å². The monoisotopic (exact) mass is 318 g/mol. The van der Waals surface area contributed by atoms with E-state index in [1.165, 1.54) is 19.3 Å². The second-order valence-electron chi connectivity index (χ2n) is 6.79. The average Bonchev–Trinajstić information content (AvgIpc) is 2.51. The molecule has 0 bridgehead atoms. The maximum Gasteiger partial charge on any atom is 0.234 e. The second-order valence-corrected chi connectivity index (χ2v) is 6.79. The van der Waals surface area contributed by atoms with Crippen molar-refractivity contribution in [3.8, 4) is 5.75 Å². The number of aryl methyl sites for hydroxylation is 1. The molecule has 1 aliphatic rings. The van der Waals surface area contributed by atoms with Gasteiger partial charge in [-0.05, 0) is 44.4 Å². The largest absolute Gasteiger partial charge is 0.492 e. The van der Waals surface area contributed by atoms with E-state index in [-0.39, 0.29) is 5.91 Å². The van der Waals surface area contributed by atoms with Gasteiger partial charge >= 0.3 is 0 Å². The van der Waals surface area contributed by atoms with Crippen LogP contribution in [0.5, 0.6) is 5.75 Å². The minimum atomic E-state index is 0.127. The SMILES string of the molecule is Cc1ccccc1OCCN(C)CC(=O)N[C@@H]1CCCC[C@H]1C. The number of para-hydroxylation sites is 1. The van der Waals surface area contributed by atoms with Crippen LogP contribution in [0, 0.1) is 12.8 Å². The van der Waals surface area contributed by atoms with Gasteiger partial charge in [-0.1, -0.05) is 38.0 Å². The third-order valence-electron chi connectivity index (χ3n) is 4.70. The second kappa shape index (κ2) is 8.92. The molecule has 0 aliphatic heterocycles. The highest BCUT2D eigenvalue weighted by atomic mass is 16.5. The number of nitrogens with one attached hydrogen (secondary N) is 1. The fraction of sp³-hybridized carbons (Fsp3) is 0.632. The number of hydrogen-bond donors (Lipinski definition) is 1. The molecule has 0 spiro atoms. The van der Waals surface area contributed by atoms with Crippen LogP contribution in [0.3, 0.4) is 0 Å². The molecular weight excluding hydrogens is 288 g/mol. The van der Waals surface area contributed by atoms with Crippen LogP contribution in [-0.2, 0) is 4.79 Å². The van der Waals surface area contributed by atoms with E-state index in [1.807, 2.05) is 43.1 Å². The number of hydrogen-bond acceptors (Lipinski definition) is 3. The fourth-order valence-electron chi connectivity index (χ4n) is 3.14. The van der Waals surface area contributed by atoms with Crippen molar-refractivity contribution in [2.24, 2.45) is 5.92 Å². The van der Waals surface area contributed by atoms with Gasteiger partial charge in [-0.15, -0.1) is 0 Å². The van der Waals surface area contributed by atoms with E-state index in [0.29, 0.717) is 25.1 Å². The Bertz CT molecular complexity index is 504. The molecule has 4 nitrogen and oxygen atoms in total. The maximum atomic E-state index is 12.2. The van der Waals surface area contributed by atoms with Crippen LogP contribution < -0.4 is 10.1 Å². The number of rotatable bonds is 7. The van der Waals surface area contributed by atoms with E-state index in [1.54, 1.807) is 0 Å². The van der Waals surface area contributed by atoms with Crippen molar-refractivity contribution >= 4 is 5.91 Å². The van der Waals surface area contributed by atoms with Gasteiger partial charge in [-0.2, -0.15) is 0 Å². The van der Waals surface area contributed by atoms with Crippen LogP contribution in [0.25, 0.3) is 0 Å². The molecule has 1 saturated carbocycles. The minimum absolute atomic E-state index is 0.127. The summed E-state index contributed by atoms with van der Waals surface area (Å²) in [5.41, 5.74) is 1.14. The van der Waals surface area contributed by atoms with Gasteiger partial charge in [-0.25, -0.2) is 0 Å². The summed E-state index contributed by atoms with van der Waals surface area (Å²) >= 11 is 0. The van der Waals surface area contributed by atoms with Crippen LogP contribution in [0.1, 0.15) is 38.2 Å². The first-order valence-corrected chi connectivity index (χ1v) is 8.72. The number of amides is 1. The van der Waals surface area contributed by atoms with Crippen molar-refractivity contribution in [1.82, 2.24) is 10.2 Å². The normalized spacial score (nSPS) is 21.2. The standard InChI is InChI=1S/C19H30N2O2/c1-15-8-4-6-10-17(15)20-19(22)14-21(3)12-13-23-18-11-7-5-9-16(18)2/h5,7,9,11,15,17H,4,6,8,10,12-14H2,1-3H3,(H,20,22)/t15-,17-/m1/s1. The van der Waals surface area contributed by atoms with Gasteiger partial charge in [0.1, 0.15) is 12.4 Å². The maximum absolute atomic E-state index is 12.2. The molecule has 0 radical (unpaired) electrons. The molecule has 0 unspecified atom stereocenters. The zero-order valence-corrected chi connectivity index (χ0v) is 14.7. The Labute approximate surface area is 140 Å². The highest BCUT2D eigenvalue weighted by Gasteiger charge is 2.22. The Morgan fingerprint density at radius 2 is 2.04 bits per heavy atom. The summed E-state index contributed by atoms with van der Waals surface area (Å²) in [5, 5.41) is 3.20. The van der Waals surface area contributed by atoms with E-state index in [0.717, 1.165) is 24.3 Å². The molecule has 1 aliphatic carbocycles. The molecular formula is C19H30N2O2. The third-order valence-corrected chi connectivity index (χ3v) is 4.70. The Hall–Kier alpha value is -1.55. The minimum Gasteiger partial charge on any atom is -0.492 e. The molecule has 0 aromatic heterocycles. The zero-order chi connectivity index (χ0) is 16.7. The van der Waals surface area contributed by atoms with Crippen LogP contribution in [0.2, 0.25) is 0 Å². The number of ether oxygens (including phenoxy) is 1. The van der Waals surface area contributed by atoms with Gasteiger partial charge in [0.05, 0.1) is 6.54 Å². The number of nitrogens with zero attached hydrogens (tertiary/aromatic N) is 1. The van der Waals surface area contributed by atoms with E-state index in [2.05, 4.69) is 12.2 Å². The lowest BCUT2D eigenvalue weighted by molar-refractivity contribution is -0.123. The topological polar surface area (TPSA) is 41.6 Å². The molecule has 0 saturated heterocycles. The van der Waals surface area contributed by atoms with Crippen molar-refractivity contribution in [2.45, 2.75) is 45.6 Å². The quantitative estimate of drug-likeness (QED) is 0.840. The molecule has 128 valence electrons. The van der Waals surface area contributed by atoms with Crippen molar-refractivity contribution in [3.63, 3.8) is 0 Å². The lowest BCUT2D eigenvalue weighted by Gasteiger charge is -2.30. The number of benzene rings is 1. The summed E-state index contributed by atoms with van der Waals surface area (Å²) in [7, 11) is 1.96. The highest BCUT2D eigenvalue weighted by Crippen LogP contribution is 2.23. The van der Waals surface area contributed by atoms with E-state index < -0.39 is 0 Å². The van der Waals surface area contributed by atoms with Crippen LogP contribution in [0.15, 0.2) is 24.3 Å². The summed E-state index contributed by atoms with van der Waals surface area (Å²) in [6, 6.07) is 8.35. The highest BCUT2D eigenvalue weighted by molar-refractivity contribution is 5.78. The number of likely N-dealkylation sites (N-methyl/N-ethyl adjacent to an activating group) is 1. The Kier molecular flexibility index (Phi) is 6.90. The van der Waals surface area contributed by atoms with E-state index in [9.17, 15) is 4.79 Å². The molecule has 1 N–H and O–H groups in total. The first-order valence-electron chi connectivity index (χ1n) is 8.72. The van der Waals surface area contributed by atoms with Crippen molar-refractivity contribution in [1.29, 1.82) is 0 Å². The molecule has 1 fully saturated rings. The van der Waals surface area contributed by atoms with Gasteiger partial charge in [0.15, 0.2) is 0 Å². The molecule has 1 amide bonds. The fourth-order valence-corrected chi connectivity index (χ4v) is 3.14. The molecule has 0 heterocycles. The molecule has 1 aromatic rings. The van der Waals surface area contributed by atoms with Gasteiger partial charge in [0.25, 0.3) is 0 Å². The molecule has 2 rings (SSSR count). The number of carbonyl (C=O) groups is 1. The smallest absolute Gasteiger partial charge is 0.234 e. The number of carbonyl (C=O) groups excluding carboxylic acids is 1. The molecule has 1 aromatic carbocycles. The van der Waals surface area contributed by atoms with Gasteiger partial charge in [-0.3, -0.25) is 9.69 Å². The Balaban J connectivity index is 1.66. The van der Waals surface area contributed by atoms with Crippen molar-refractivity contribution < 1.29 is 9.53 Å². The van der Waals surface area contributed by atoms with E-state index in [4.69, 9.17) is 4.74 Å². The van der Waals surface area contributed by atoms with Crippen LogP contribution in [-0.4, -0.2) is 43.6 Å². The lowest BCUT2D eigenvalue weighted by Crippen LogP contribution is -2.45. The van der Waals surface area contributed by atoms with Gasteiger partial charge in [0.2, 0.25) is 5.91 Å². The zero-order valence-electron chi connectivity index (χ0n) is 14.7. The van der Waals surface area contributed by atoms with Crippen molar-refractivity contribution in [3.05, 3.63) is 29.8 Å². The first kappa shape index (κ1) is 17.8. The lowest BCUT2D eigenvalue weighted by atomic mass is 9.86. The van der Waals surface area contributed by atoms with Crippen LogP contribution in [0.4, 0.5) is 0 Å². The predicted octanol–water partition coefficient (Wildman–Crippen LogP) is 3.00. The summed E-state index contributed by atoms with van der Waals surface area (Å²) in [6.45, 7) is 6.04. The Morgan fingerprint density at radius 3 is 2.78 bits per heavy atom. The third kappa shape index (κ3) is 5.87. The van der Waals surface area contributed by atoms with Gasteiger partial charge < -0.3 is 10.1 Å². The Morgan fingerprint density at radius 1 is 1.30 bits per heavy atom. The summed E-state index contributed by atoms with van der Waals surface area (Å²) in [6.07, 6.45) is 4.87. The first-order chi connectivity index (χ1) is 11.1. The summed E-state index contributed by atoms with van der Waals surface area (Å²) in [5.74, 6) is 1.64. The summed E-state index contributed by atoms with van der Waals surface area (Å²) < 4.78 is 5.78. The van der Waals surface area contributed by atoms with Crippen LogP contribution >= 0.6 is 0 Å². The molecule has 4 heteroatoms. The predicted molar refractivity (Wildman–Crippen MR) is 93.7 cm³/mol. The molecule has 23 heavy (non-hydrogen) atoms. The van der Waals surface area contributed by atoms with Gasteiger partial charge in [0, 0.05) is 12.6 Å². The summed E-state index contributed by atoms with van der Waals surface area (Å²) in [4.78, 5) is 14.2.